The number of amides is 1. The van der Waals surface area contributed by atoms with Gasteiger partial charge >= 0.3 is 0 Å². The van der Waals surface area contributed by atoms with Crippen LogP contribution in [0.2, 0.25) is 0 Å². The van der Waals surface area contributed by atoms with Gasteiger partial charge in [0.25, 0.3) is 0 Å². The summed E-state index contributed by atoms with van der Waals surface area (Å²) in [6.07, 6.45) is 5.24. The summed E-state index contributed by atoms with van der Waals surface area (Å²) in [7, 11) is 1.65. The van der Waals surface area contributed by atoms with Gasteiger partial charge in [0.1, 0.15) is 5.75 Å². The molecule has 1 aromatic carbocycles. The van der Waals surface area contributed by atoms with Crippen LogP contribution in [-0.4, -0.2) is 53.6 Å². The van der Waals surface area contributed by atoms with Crippen molar-refractivity contribution in [3.63, 3.8) is 0 Å². The van der Waals surface area contributed by atoms with Crippen LogP contribution in [0.3, 0.4) is 0 Å². The van der Waals surface area contributed by atoms with Crippen molar-refractivity contribution in [3.8, 4) is 5.75 Å². The van der Waals surface area contributed by atoms with Gasteiger partial charge in [0.15, 0.2) is 0 Å². The van der Waals surface area contributed by atoms with Crippen molar-refractivity contribution in [2.24, 2.45) is 5.92 Å². The molecule has 2 fully saturated rings. The number of benzene rings is 1. The van der Waals surface area contributed by atoms with E-state index in [1.54, 1.807) is 25.6 Å². The summed E-state index contributed by atoms with van der Waals surface area (Å²) >= 11 is 0. The molecule has 1 aromatic heterocycles. The van der Waals surface area contributed by atoms with Gasteiger partial charge in [-0.2, -0.15) is 0 Å². The number of piperidine rings is 1. The van der Waals surface area contributed by atoms with Crippen LogP contribution in [0.25, 0.3) is 0 Å². The van der Waals surface area contributed by atoms with E-state index < -0.39 is 0 Å². The summed E-state index contributed by atoms with van der Waals surface area (Å²) in [6, 6.07) is 9.92. The number of likely N-dealkylation sites (tertiary alicyclic amines) is 1. The molecule has 4 rings (SSSR count). The van der Waals surface area contributed by atoms with Crippen molar-refractivity contribution in [2.75, 3.05) is 32.1 Å². The van der Waals surface area contributed by atoms with Crippen molar-refractivity contribution in [2.45, 2.75) is 24.9 Å². The average molecular weight is 382 g/mol. The standard InChI is InChI=1S/C20H26N6O2/c1-28-16-5-2-4-14(12-16)18-17(13-23-25-18)19(27)26-10-6-15(7-11-26)24-20-21-8-3-9-22-20/h2-5,8-9,12,15,17-18,23,25H,6-7,10-11,13H2,1H3,(H,21,22,24). The SMILES string of the molecule is COc1cccc(C2NNCC2C(=O)N2CCC(Nc3ncccn3)CC2)c1. The molecule has 1 amide bonds. The fraction of sp³-hybridized carbons (Fsp3) is 0.450. The summed E-state index contributed by atoms with van der Waals surface area (Å²) in [6.45, 7) is 2.10. The maximum atomic E-state index is 13.2. The van der Waals surface area contributed by atoms with Crippen LogP contribution in [0, 0.1) is 5.92 Å². The zero-order valence-corrected chi connectivity index (χ0v) is 16.0. The molecule has 2 aliphatic rings. The second-order valence-corrected chi connectivity index (χ2v) is 7.20. The summed E-state index contributed by atoms with van der Waals surface area (Å²) in [5, 5.41) is 3.36. The van der Waals surface area contributed by atoms with Crippen LogP contribution < -0.4 is 20.9 Å². The molecule has 2 aliphatic heterocycles. The Bertz CT molecular complexity index is 794. The Hall–Kier alpha value is -2.71. The molecule has 0 saturated carbocycles. The molecule has 2 atom stereocenters. The molecule has 0 spiro atoms. The number of ether oxygens (including phenoxy) is 1. The maximum absolute atomic E-state index is 13.2. The van der Waals surface area contributed by atoms with Gasteiger partial charge in [0.05, 0.1) is 19.1 Å². The molecular weight excluding hydrogens is 356 g/mol. The molecule has 2 aromatic rings. The second kappa shape index (κ2) is 8.53. The number of hydrogen-bond donors (Lipinski definition) is 3. The minimum atomic E-state index is -0.130. The minimum absolute atomic E-state index is 0.0591. The number of hydrogen-bond acceptors (Lipinski definition) is 7. The van der Waals surface area contributed by atoms with E-state index in [-0.39, 0.29) is 17.9 Å². The number of carbonyl (C=O) groups is 1. The van der Waals surface area contributed by atoms with Gasteiger partial charge in [-0.3, -0.25) is 10.2 Å². The van der Waals surface area contributed by atoms with Gasteiger partial charge in [0.2, 0.25) is 11.9 Å². The maximum Gasteiger partial charge on any atom is 0.229 e. The number of carbonyl (C=O) groups excluding carboxylic acids is 1. The largest absolute Gasteiger partial charge is 0.497 e. The molecule has 2 saturated heterocycles. The molecule has 3 N–H and O–H groups in total. The van der Waals surface area contributed by atoms with E-state index >= 15 is 0 Å². The second-order valence-electron chi connectivity index (χ2n) is 7.20. The van der Waals surface area contributed by atoms with Crippen LogP contribution in [0.15, 0.2) is 42.7 Å². The normalized spacial score (nSPS) is 22.8. The minimum Gasteiger partial charge on any atom is -0.497 e. The van der Waals surface area contributed by atoms with Crippen molar-refractivity contribution in [1.82, 2.24) is 25.7 Å². The highest BCUT2D eigenvalue weighted by molar-refractivity contribution is 5.80. The number of nitrogens with zero attached hydrogens (tertiary/aromatic N) is 3. The van der Waals surface area contributed by atoms with Gasteiger partial charge in [-0.25, -0.2) is 15.4 Å². The summed E-state index contributed by atoms with van der Waals surface area (Å²) in [4.78, 5) is 23.6. The number of nitrogens with one attached hydrogen (secondary N) is 3. The van der Waals surface area contributed by atoms with Crippen LogP contribution >= 0.6 is 0 Å². The smallest absolute Gasteiger partial charge is 0.229 e. The molecule has 8 nitrogen and oxygen atoms in total. The molecule has 8 heteroatoms. The number of rotatable bonds is 5. The van der Waals surface area contributed by atoms with Gasteiger partial charge in [-0.05, 0) is 36.6 Å². The van der Waals surface area contributed by atoms with E-state index in [9.17, 15) is 4.79 Å². The third kappa shape index (κ3) is 4.07. The molecular formula is C20H26N6O2. The first-order chi connectivity index (χ1) is 13.7. The van der Waals surface area contributed by atoms with Gasteiger partial charge in [-0.1, -0.05) is 12.1 Å². The molecule has 28 heavy (non-hydrogen) atoms. The first kappa shape index (κ1) is 18.6. The summed E-state index contributed by atoms with van der Waals surface area (Å²) in [5.74, 6) is 1.51. The lowest BCUT2D eigenvalue weighted by molar-refractivity contribution is -0.136. The predicted octanol–water partition coefficient (Wildman–Crippen LogP) is 1.35. The van der Waals surface area contributed by atoms with Crippen LogP contribution in [-0.2, 0) is 4.79 Å². The van der Waals surface area contributed by atoms with Crippen LogP contribution in [0.1, 0.15) is 24.4 Å². The lowest BCUT2D eigenvalue weighted by Gasteiger charge is -2.34. The molecule has 0 radical (unpaired) electrons. The number of aromatic nitrogens is 2. The van der Waals surface area contributed by atoms with E-state index in [1.165, 1.54) is 0 Å². The van der Waals surface area contributed by atoms with Crippen molar-refractivity contribution in [1.29, 1.82) is 0 Å². The summed E-state index contributed by atoms with van der Waals surface area (Å²) in [5.41, 5.74) is 7.46. The zero-order valence-electron chi connectivity index (χ0n) is 16.0. The fourth-order valence-corrected chi connectivity index (χ4v) is 3.91. The van der Waals surface area contributed by atoms with E-state index in [2.05, 4.69) is 26.1 Å². The highest BCUT2D eigenvalue weighted by Gasteiger charge is 2.37. The van der Waals surface area contributed by atoms with E-state index in [0.29, 0.717) is 18.5 Å². The fourth-order valence-electron chi connectivity index (χ4n) is 3.91. The Kier molecular flexibility index (Phi) is 5.68. The van der Waals surface area contributed by atoms with E-state index in [0.717, 1.165) is 37.2 Å². The van der Waals surface area contributed by atoms with Crippen LogP contribution in [0.4, 0.5) is 5.95 Å². The van der Waals surface area contributed by atoms with E-state index in [1.807, 2.05) is 29.2 Å². The molecule has 2 unspecified atom stereocenters. The molecule has 3 heterocycles. The Morgan fingerprint density at radius 3 is 2.75 bits per heavy atom. The number of anilines is 1. The highest BCUT2D eigenvalue weighted by atomic mass is 16.5. The highest BCUT2D eigenvalue weighted by Crippen LogP contribution is 2.29. The molecule has 0 aliphatic carbocycles. The number of hydrazine groups is 1. The summed E-state index contributed by atoms with van der Waals surface area (Å²) < 4.78 is 5.33. The molecule has 148 valence electrons. The van der Waals surface area contributed by atoms with Crippen LogP contribution in [0.5, 0.6) is 5.75 Å². The quantitative estimate of drug-likeness (QED) is 0.719. The van der Waals surface area contributed by atoms with Gasteiger partial charge < -0.3 is 15.0 Å². The Labute approximate surface area is 164 Å². The Morgan fingerprint density at radius 1 is 1.21 bits per heavy atom. The predicted molar refractivity (Wildman–Crippen MR) is 106 cm³/mol. The lowest BCUT2D eigenvalue weighted by atomic mass is 9.92. The van der Waals surface area contributed by atoms with Crippen molar-refractivity contribution >= 4 is 11.9 Å². The average Bonchev–Trinajstić information content (AvgIpc) is 3.24. The zero-order chi connectivity index (χ0) is 19.3. The van der Waals surface area contributed by atoms with Gasteiger partial charge in [-0.15, -0.1) is 0 Å². The van der Waals surface area contributed by atoms with E-state index in [4.69, 9.17) is 4.74 Å². The first-order valence-corrected chi connectivity index (χ1v) is 9.69. The third-order valence-electron chi connectivity index (χ3n) is 5.46. The Balaban J connectivity index is 1.36. The lowest BCUT2D eigenvalue weighted by Crippen LogP contribution is -2.46. The molecule has 0 bridgehead atoms. The topological polar surface area (TPSA) is 91.4 Å². The Morgan fingerprint density at radius 2 is 2.00 bits per heavy atom. The van der Waals surface area contributed by atoms with Crippen molar-refractivity contribution in [3.05, 3.63) is 48.3 Å². The monoisotopic (exact) mass is 382 g/mol. The van der Waals surface area contributed by atoms with Gasteiger partial charge in [0, 0.05) is 38.1 Å². The van der Waals surface area contributed by atoms with Crippen molar-refractivity contribution < 1.29 is 9.53 Å². The third-order valence-corrected chi connectivity index (χ3v) is 5.46. The number of methoxy groups -OCH3 is 1. The first-order valence-electron chi connectivity index (χ1n) is 9.69.